The van der Waals surface area contributed by atoms with Gasteiger partial charge in [-0.1, -0.05) is 30.3 Å². The second-order valence-corrected chi connectivity index (χ2v) is 3.81. The van der Waals surface area contributed by atoms with Gasteiger partial charge < -0.3 is 5.11 Å². The smallest absolute Gasteiger partial charge is 0.328 e. The fourth-order valence-corrected chi connectivity index (χ4v) is 1.80. The molecule has 0 aromatic heterocycles. The lowest BCUT2D eigenvalue weighted by molar-refractivity contribution is -0.144. The summed E-state index contributed by atoms with van der Waals surface area (Å²) in [5.74, 6) is -0.798. The van der Waals surface area contributed by atoms with Gasteiger partial charge in [0, 0.05) is 6.21 Å². The van der Waals surface area contributed by atoms with E-state index in [0.717, 1.165) is 12.0 Å². The highest BCUT2D eigenvalue weighted by atomic mass is 16.4. The molecule has 4 heteroatoms. The van der Waals surface area contributed by atoms with Gasteiger partial charge in [0.1, 0.15) is 6.04 Å². The predicted molar refractivity (Wildman–Crippen MR) is 61.1 cm³/mol. The molecule has 0 bridgehead atoms. The summed E-state index contributed by atoms with van der Waals surface area (Å²) in [6.07, 6.45) is 3.15. The number of benzene rings is 1. The average molecular weight is 218 g/mol. The van der Waals surface area contributed by atoms with Crippen LogP contribution in [0.5, 0.6) is 0 Å². The van der Waals surface area contributed by atoms with Crippen molar-refractivity contribution < 1.29 is 9.90 Å². The van der Waals surface area contributed by atoms with E-state index in [1.807, 2.05) is 30.3 Å². The zero-order valence-electron chi connectivity index (χ0n) is 8.91. The number of rotatable bonds is 3. The number of aliphatic carboxylic acids is 1. The Labute approximate surface area is 94.2 Å². The number of hydrazone groups is 1. The molecular weight excluding hydrogens is 204 g/mol. The molecule has 0 saturated heterocycles. The van der Waals surface area contributed by atoms with E-state index in [2.05, 4.69) is 5.10 Å². The number of hydrogen-bond donors (Lipinski definition) is 1. The minimum Gasteiger partial charge on any atom is -0.480 e. The van der Waals surface area contributed by atoms with Gasteiger partial charge in [0.15, 0.2) is 0 Å². The molecule has 1 aliphatic rings. The molecule has 1 atom stereocenters. The molecule has 1 aromatic rings. The summed E-state index contributed by atoms with van der Waals surface area (Å²) in [6.45, 7) is 0.550. The Hall–Kier alpha value is -1.84. The first-order chi connectivity index (χ1) is 7.77. The third-order valence-electron chi connectivity index (χ3n) is 2.63. The third kappa shape index (κ3) is 2.39. The van der Waals surface area contributed by atoms with Crippen LogP contribution in [0, 0.1) is 0 Å². The SMILES string of the molecule is O=C(O)C1CCC=NN1Cc1ccccc1. The van der Waals surface area contributed by atoms with Crippen molar-refractivity contribution in [3.05, 3.63) is 35.9 Å². The van der Waals surface area contributed by atoms with Crippen molar-refractivity contribution in [3.63, 3.8) is 0 Å². The van der Waals surface area contributed by atoms with Gasteiger partial charge in [-0.3, -0.25) is 5.01 Å². The molecule has 84 valence electrons. The van der Waals surface area contributed by atoms with E-state index in [1.165, 1.54) is 0 Å². The van der Waals surface area contributed by atoms with Gasteiger partial charge in [0.05, 0.1) is 6.54 Å². The van der Waals surface area contributed by atoms with E-state index in [-0.39, 0.29) is 0 Å². The molecule has 16 heavy (non-hydrogen) atoms. The summed E-state index contributed by atoms with van der Waals surface area (Å²) in [5.41, 5.74) is 1.08. The number of carbonyl (C=O) groups is 1. The molecule has 0 fully saturated rings. The van der Waals surface area contributed by atoms with Crippen LogP contribution in [-0.4, -0.2) is 28.3 Å². The topological polar surface area (TPSA) is 52.9 Å². The summed E-state index contributed by atoms with van der Waals surface area (Å²) < 4.78 is 0. The van der Waals surface area contributed by atoms with Gasteiger partial charge in [-0.25, -0.2) is 4.79 Å². The summed E-state index contributed by atoms with van der Waals surface area (Å²) in [6, 6.07) is 9.28. The number of hydrogen-bond acceptors (Lipinski definition) is 3. The molecule has 0 saturated carbocycles. The summed E-state index contributed by atoms with van der Waals surface area (Å²) in [4.78, 5) is 11.0. The van der Waals surface area contributed by atoms with E-state index in [9.17, 15) is 4.79 Å². The monoisotopic (exact) mass is 218 g/mol. The van der Waals surface area contributed by atoms with Gasteiger partial charge in [-0.15, -0.1) is 0 Å². The largest absolute Gasteiger partial charge is 0.480 e. The molecule has 0 amide bonds. The van der Waals surface area contributed by atoms with Crippen LogP contribution in [0.3, 0.4) is 0 Å². The van der Waals surface area contributed by atoms with Crippen molar-refractivity contribution in [3.8, 4) is 0 Å². The van der Waals surface area contributed by atoms with Crippen LogP contribution in [-0.2, 0) is 11.3 Å². The normalized spacial score (nSPS) is 19.8. The maximum absolute atomic E-state index is 11.0. The van der Waals surface area contributed by atoms with Crippen molar-refractivity contribution in [2.45, 2.75) is 25.4 Å². The van der Waals surface area contributed by atoms with Gasteiger partial charge >= 0.3 is 5.97 Å². The van der Waals surface area contributed by atoms with E-state index >= 15 is 0 Å². The highest BCUT2D eigenvalue weighted by molar-refractivity contribution is 5.75. The van der Waals surface area contributed by atoms with Crippen LogP contribution in [0.2, 0.25) is 0 Å². The van der Waals surface area contributed by atoms with E-state index in [1.54, 1.807) is 11.2 Å². The Morgan fingerprint density at radius 2 is 2.19 bits per heavy atom. The second kappa shape index (κ2) is 4.79. The molecule has 1 heterocycles. The number of carboxylic acid groups (broad SMARTS) is 1. The molecule has 4 nitrogen and oxygen atoms in total. The second-order valence-electron chi connectivity index (χ2n) is 3.81. The number of carboxylic acids is 1. The Morgan fingerprint density at radius 3 is 2.88 bits per heavy atom. The lowest BCUT2D eigenvalue weighted by atomic mass is 10.1. The van der Waals surface area contributed by atoms with Crippen molar-refractivity contribution in [2.75, 3.05) is 0 Å². The van der Waals surface area contributed by atoms with Crippen LogP contribution >= 0.6 is 0 Å². The van der Waals surface area contributed by atoms with Crippen molar-refractivity contribution in [1.29, 1.82) is 0 Å². The van der Waals surface area contributed by atoms with Crippen molar-refractivity contribution >= 4 is 12.2 Å². The van der Waals surface area contributed by atoms with Gasteiger partial charge in [-0.2, -0.15) is 5.10 Å². The maximum atomic E-state index is 11.0. The fraction of sp³-hybridized carbons (Fsp3) is 0.333. The first kappa shape index (κ1) is 10.7. The van der Waals surface area contributed by atoms with Gasteiger partial charge in [0.25, 0.3) is 0 Å². The molecule has 1 aromatic carbocycles. The van der Waals surface area contributed by atoms with Crippen LogP contribution in [0.15, 0.2) is 35.4 Å². The predicted octanol–water partition coefficient (Wildman–Crippen LogP) is 1.72. The molecule has 1 N–H and O–H groups in total. The van der Waals surface area contributed by atoms with Crippen LogP contribution < -0.4 is 0 Å². The lowest BCUT2D eigenvalue weighted by Crippen LogP contribution is -2.39. The van der Waals surface area contributed by atoms with E-state index in [0.29, 0.717) is 13.0 Å². The van der Waals surface area contributed by atoms with Crippen LogP contribution in [0.1, 0.15) is 18.4 Å². The Balaban J connectivity index is 2.10. The standard InChI is InChI=1S/C12H14N2O2/c15-12(16)11-7-4-8-13-14(11)9-10-5-2-1-3-6-10/h1-3,5-6,8,11H,4,7,9H2,(H,15,16). The molecule has 0 spiro atoms. The lowest BCUT2D eigenvalue weighted by Gasteiger charge is -2.28. The minimum atomic E-state index is -0.798. The Morgan fingerprint density at radius 1 is 1.44 bits per heavy atom. The van der Waals surface area contributed by atoms with E-state index in [4.69, 9.17) is 5.11 Å². The molecule has 0 aliphatic carbocycles. The first-order valence-corrected chi connectivity index (χ1v) is 5.33. The van der Waals surface area contributed by atoms with Crippen LogP contribution in [0.4, 0.5) is 0 Å². The van der Waals surface area contributed by atoms with Gasteiger partial charge in [0.2, 0.25) is 0 Å². The quantitative estimate of drug-likeness (QED) is 0.840. The summed E-state index contributed by atoms with van der Waals surface area (Å²) in [5, 5.41) is 14.9. The molecule has 1 unspecified atom stereocenters. The molecule has 2 rings (SSSR count). The number of nitrogens with zero attached hydrogens (tertiary/aromatic N) is 2. The van der Waals surface area contributed by atoms with E-state index < -0.39 is 12.0 Å². The minimum absolute atomic E-state index is 0.495. The van der Waals surface area contributed by atoms with Crippen LogP contribution in [0.25, 0.3) is 0 Å². The molecular formula is C12H14N2O2. The van der Waals surface area contributed by atoms with Gasteiger partial charge in [-0.05, 0) is 18.4 Å². The highest BCUT2D eigenvalue weighted by Gasteiger charge is 2.26. The van der Waals surface area contributed by atoms with Crippen molar-refractivity contribution in [1.82, 2.24) is 5.01 Å². The molecule has 0 radical (unpaired) electrons. The average Bonchev–Trinajstić information content (AvgIpc) is 2.31. The third-order valence-corrected chi connectivity index (χ3v) is 2.63. The molecule has 1 aliphatic heterocycles. The Kier molecular flexibility index (Phi) is 3.19. The fourth-order valence-electron chi connectivity index (χ4n) is 1.80. The zero-order chi connectivity index (χ0) is 11.4. The Bertz CT molecular complexity index is 389. The van der Waals surface area contributed by atoms with Crippen molar-refractivity contribution in [2.24, 2.45) is 5.10 Å². The first-order valence-electron chi connectivity index (χ1n) is 5.33. The zero-order valence-corrected chi connectivity index (χ0v) is 8.91. The summed E-state index contributed by atoms with van der Waals surface area (Å²) in [7, 11) is 0. The summed E-state index contributed by atoms with van der Waals surface area (Å²) >= 11 is 0. The highest BCUT2D eigenvalue weighted by Crippen LogP contribution is 2.16. The maximum Gasteiger partial charge on any atom is 0.328 e.